The molecule has 20 heavy (non-hydrogen) atoms. The second-order valence-electron chi connectivity index (χ2n) is 6.33. The molecule has 0 bridgehead atoms. The van der Waals surface area contributed by atoms with Crippen LogP contribution < -0.4 is 5.32 Å². The molecule has 112 valence electrons. The molecular weight excluding hydrogens is 270 g/mol. The van der Waals surface area contributed by atoms with Gasteiger partial charge in [-0.2, -0.15) is 0 Å². The van der Waals surface area contributed by atoms with Crippen molar-refractivity contribution in [1.29, 1.82) is 0 Å². The van der Waals surface area contributed by atoms with Gasteiger partial charge in [-0.15, -0.1) is 11.3 Å². The summed E-state index contributed by atoms with van der Waals surface area (Å²) in [5.41, 5.74) is 1.74. The Labute approximate surface area is 125 Å². The standard InChI is InChI=1S/C15H25N3OS/c1-12-17-13(10-20-12)8-18-11-15(3-5-16-6-4-15)7-14(18)9-19-2/h10,14,16H,3-9,11H2,1-2H3. The number of thiazole rings is 1. The summed E-state index contributed by atoms with van der Waals surface area (Å²) in [6, 6.07) is 0.556. The lowest BCUT2D eigenvalue weighted by Gasteiger charge is -2.33. The molecule has 3 rings (SSSR count). The molecule has 1 atom stereocenters. The van der Waals surface area contributed by atoms with E-state index < -0.39 is 0 Å². The van der Waals surface area contributed by atoms with Crippen LogP contribution in [0.2, 0.25) is 0 Å². The molecule has 0 radical (unpaired) electrons. The van der Waals surface area contributed by atoms with Crippen LogP contribution in [-0.4, -0.2) is 49.3 Å². The number of ether oxygens (including phenoxy) is 1. The molecule has 4 nitrogen and oxygen atoms in total. The number of methoxy groups -OCH3 is 1. The van der Waals surface area contributed by atoms with E-state index in [0.29, 0.717) is 11.5 Å². The Balaban J connectivity index is 1.70. The largest absolute Gasteiger partial charge is 0.383 e. The van der Waals surface area contributed by atoms with E-state index in [9.17, 15) is 0 Å². The second kappa shape index (κ2) is 6.10. The SMILES string of the molecule is COCC1CC2(CCNCC2)CN1Cc1csc(C)n1. The molecule has 0 amide bonds. The highest BCUT2D eigenvalue weighted by Crippen LogP contribution is 2.42. The number of hydrogen-bond donors (Lipinski definition) is 1. The molecule has 1 aromatic rings. The van der Waals surface area contributed by atoms with Gasteiger partial charge >= 0.3 is 0 Å². The second-order valence-corrected chi connectivity index (χ2v) is 7.39. The summed E-state index contributed by atoms with van der Waals surface area (Å²) in [4.78, 5) is 7.23. The van der Waals surface area contributed by atoms with Crippen LogP contribution in [0.3, 0.4) is 0 Å². The normalized spacial score (nSPS) is 26.4. The van der Waals surface area contributed by atoms with Gasteiger partial charge in [0.05, 0.1) is 17.3 Å². The molecule has 1 N–H and O–H groups in total. The Morgan fingerprint density at radius 2 is 2.30 bits per heavy atom. The molecular formula is C15H25N3OS. The molecule has 2 saturated heterocycles. The van der Waals surface area contributed by atoms with Crippen LogP contribution in [-0.2, 0) is 11.3 Å². The monoisotopic (exact) mass is 295 g/mol. The minimum Gasteiger partial charge on any atom is -0.383 e. The fraction of sp³-hybridized carbons (Fsp3) is 0.800. The molecule has 2 aliphatic rings. The Morgan fingerprint density at radius 3 is 2.95 bits per heavy atom. The van der Waals surface area contributed by atoms with E-state index in [0.717, 1.165) is 13.2 Å². The lowest BCUT2D eigenvalue weighted by Crippen LogP contribution is -2.38. The number of nitrogens with zero attached hydrogens (tertiary/aromatic N) is 2. The number of rotatable bonds is 4. The molecule has 3 heterocycles. The van der Waals surface area contributed by atoms with E-state index in [1.165, 1.54) is 49.6 Å². The van der Waals surface area contributed by atoms with Crippen molar-refractivity contribution in [2.45, 2.75) is 38.8 Å². The van der Waals surface area contributed by atoms with Gasteiger partial charge in [0.15, 0.2) is 0 Å². The van der Waals surface area contributed by atoms with Crippen molar-refractivity contribution in [3.8, 4) is 0 Å². The lowest BCUT2D eigenvalue weighted by molar-refractivity contribution is 0.111. The zero-order valence-corrected chi connectivity index (χ0v) is 13.3. The third-order valence-electron chi connectivity index (χ3n) is 4.78. The first kappa shape index (κ1) is 14.4. The molecule has 0 aliphatic carbocycles. The predicted molar refractivity (Wildman–Crippen MR) is 82.1 cm³/mol. The van der Waals surface area contributed by atoms with E-state index in [2.05, 4.69) is 27.5 Å². The quantitative estimate of drug-likeness (QED) is 0.922. The maximum Gasteiger partial charge on any atom is 0.0897 e. The van der Waals surface area contributed by atoms with Crippen molar-refractivity contribution in [3.05, 3.63) is 16.1 Å². The maximum absolute atomic E-state index is 5.46. The predicted octanol–water partition coefficient (Wildman–Crippen LogP) is 2.04. The summed E-state index contributed by atoms with van der Waals surface area (Å²) < 4.78 is 5.46. The van der Waals surface area contributed by atoms with Crippen LogP contribution in [0.4, 0.5) is 0 Å². The Kier molecular flexibility index (Phi) is 4.40. The fourth-order valence-electron chi connectivity index (χ4n) is 3.80. The van der Waals surface area contributed by atoms with Crippen molar-refractivity contribution in [3.63, 3.8) is 0 Å². The van der Waals surface area contributed by atoms with Crippen molar-refractivity contribution in [2.75, 3.05) is 33.4 Å². The first-order chi connectivity index (χ1) is 9.71. The maximum atomic E-state index is 5.46. The Bertz CT molecular complexity index is 442. The third kappa shape index (κ3) is 3.06. The lowest BCUT2D eigenvalue weighted by atomic mass is 9.77. The number of piperidine rings is 1. The van der Waals surface area contributed by atoms with Crippen LogP contribution in [0.25, 0.3) is 0 Å². The summed E-state index contributed by atoms with van der Waals surface area (Å²) in [7, 11) is 1.82. The number of aryl methyl sites for hydroxylation is 1. The van der Waals surface area contributed by atoms with Gasteiger partial charge in [-0.1, -0.05) is 0 Å². The van der Waals surface area contributed by atoms with Gasteiger partial charge in [0.2, 0.25) is 0 Å². The van der Waals surface area contributed by atoms with Crippen LogP contribution in [0.1, 0.15) is 30.0 Å². The molecule has 2 aliphatic heterocycles. The molecule has 1 aromatic heterocycles. The van der Waals surface area contributed by atoms with Gasteiger partial charge in [0.25, 0.3) is 0 Å². The van der Waals surface area contributed by atoms with Crippen LogP contribution in [0, 0.1) is 12.3 Å². The summed E-state index contributed by atoms with van der Waals surface area (Å²) in [6.07, 6.45) is 3.89. The molecule has 0 saturated carbocycles. The molecule has 0 aromatic carbocycles. The van der Waals surface area contributed by atoms with Crippen LogP contribution >= 0.6 is 11.3 Å². The Hall–Kier alpha value is -0.490. The number of hydrogen-bond acceptors (Lipinski definition) is 5. The zero-order chi connectivity index (χ0) is 14.0. The van der Waals surface area contributed by atoms with Crippen molar-refractivity contribution in [2.24, 2.45) is 5.41 Å². The fourth-order valence-corrected chi connectivity index (χ4v) is 4.41. The van der Waals surface area contributed by atoms with Crippen LogP contribution in [0.5, 0.6) is 0 Å². The van der Waals surface area contributed by atoms with Crippen molar-refractivity contribution in [1.82, 2.24) is 15.2 Å². The molecule has 1 unspecified atom stereocenters. The van der Waals surface area contributed by atoms with Crippen molar-refractivity contribution < 1.29 is 4.74 Å². The first-order valence-corrected chi connectivity index (χ1v) is 8.43. The van der Waals surface area contributed by atoms with Crippen molar-refractivity contribution >= 4 is 11.3 Å². The summed E-state index contributed by atoms with van der Waals surface area (Å²) >= 11 is 1.75. The summed E-state index contributed by atoms with van der Waals surface area (Å²) in [5, 5.41) is 6.86. The van der Waals surface area contributed by atoms with Gasteiger partial charge in [-0.25, -0.2) is 4.98 Å². The topological polar surface area (TPSA) is 37.4 Å². The average Bonchev–Trinajstić information content (AvgIpc) is 2.97. The van der Waals surface area contributed by atoms with E-state index in [-0.39, 0.29) is 0 Å². The van der Waals surface area contributed by atoms with E-state index >= 15 is 0 Å². The van der Waals surface area contributed by atoms with Gasteiger partial charge < -0.3 is 10.1 Å². The highest BCUT2D eigenvalue weighted by molar-refractivity contribution is 7.09. The van der Waals surface area contributed by atoms with E-state index in [1.54, 1.807) is 11.3 Å². The van der Waals surface area contributed by atoms with Gasteiger partial charge in [-0.3, -0.25) is 4.90 Å². The zero-order valence-electron chi connectivity index (χ0n) is 12.5. The molecule has 1 spiro atoms. The number of likely N-dealkylation sites (tertiary alicyclic amines) is 1. The van der Waals surface area contributed by atoms with Gasteiger partial charge in [-0.05, 0) is 44.7 Å². The first-order valence-electron chi connectivity index (χ1n) is 7.55. The van der Waals surface area contributed by atoms with E-state index in [1.807, 2.05) is 7.11 Å². The van der Waals surface area contributed by atoms with Gasteiger partial charge in [0, 0.05) is 31.6 Å². The smallest absolute Gasteiger partial charge is 0.0897 e. The minimum atomic E-state index is 0.513. The number of nitrogens with one attached hydrogen (secondary N) is 1. The van der Waals surface area contributed by atoms with Gasteiger partial charge in [0.1, 0.15) is 0 Å². The number of aromatic nitrogens is 1. The minimum absolute atomic E-state index is 0.513. The molecule has 2 fully saturated rings. The summed E-state index contributed by atoms with van der Waals surface area (Å²) in [6.45, 7) is 7.46. The third-order valence-corrected chi connectivity index (χ3v) is 5.60. The highest BCUT2D eigenvalue weighted by atomic mass is 32.1. The molecule has 5 heteroatoms. The highest BCUT2D eigenvalue weighted by Gasteiger charge is 2.44. The van der Waals surface area contributed by atoms with E-state index in [4.69, 9.17) is 4.74 Å². The average molecular weight is 295 g/mol. The Morgan fingerprint density at radius 1 is 1.50 bits per heavy atom. The van der Waals surface area contributed by atoms with Crippen LogP contribution in [0.15, 0.2) is 5.38 Å². The summed E-state index contributed by atoms with van der Waals surface area (Å²) in [5.74, 6) is 0.